The van der Waals surface area contributed by atoms with Crippen LogP contribution in [-0.4, -0.2) is 18.9 Å². The number of esters is 1. The molecule has 1 aromatic heterocycles. The van der Waals surface area contributed by atoms with Gasteiger partial charge < -0.3 is 18.6 Å². The van der Waals surface area contributed by atoms with Gasteiger partial charge >= 0.3 is 5.97 Å². The number of para-hydroxylation sites is 1. The van der Waals surface area contributed by atoms with E-state index in [2.05, 4.69) is 0 Å². The monoisotopic (exact) mass is 494 g/mol. The van der Waals surface area contributed by atoms with Gasteiger partial charge in [0.1, 0.15) is 11.5 Å². The van der Waals surface area contributed by atoms with Crippen LogP contribution in [0.2, 0.25) is 10.0 Å². The molecule has 1 aliphatic rings. The maximum absolute atomic E-state index is 12.9. The smallest absolute Gasteiger partial charge is 0.379 e. The van der Waals surface area contributed by atoms with Gasteiger partial charge in [-0.2, -0.15) is 0 Å². The van der Waals surface area contributed by atoms with Crippen molar-refractivity contribution >= 4 is 52.0 Å². The third kappa shape index (κ3) is 3.81. The van der Waals surface area contributed by atoms with Crippen LogP contribution in [0.4, 0.5) is 0 Å². The van der Waals surface area contributed by atoms with Crippen LogP contribution in [0.1, 0.15) is 32.0 Å². The number of furan rings is 1. The number of allylic oxidation sites excluding steroid dienone is 1. The average Bonchev–Trinajstić information content (AvgIpc) is 3.37. The van der Waals surface area contributed by atoms with E-state index in [-0.39, 0.29) is 28.8 Å². The zero-order chi connectivity index (χ0) is 24.0. The zero-order valence-electron chi connectivity index (χ0n) is 18.0. The minimum atomic E-state index is -0.694. The summed E-state index contributed by atoms with van der Waals surface area (Å²) in [6.45, 7) is 1.73. The van der Waals surface area contributed by atoms with Crippen LogP contribution in [-0.2, 0) is 0 Å². The van der Waals surface area contributed by atoms with E-state index in [4.69, 9.17) is 41.8 Å². The van der Waals surface area contributed by atoms with Crippen LogP contribution in [0.25, 0.3) is 17.0 Å². The summed E-state index contributed by atoms with van der Waals surface area (Å²) in [6.07, 6.45) is 1.50. The number of methoxy groups -OCH3 is 1. The van der Waals surface area contributed by atoms with Gasteiger partial charge in [-0.3, -0.25) is 4.79 Å². The molecule has 0 aliphatic carbocycles. The minimum absolute atomic E-state index is 0.0172. The third-order valence-corrected chi connectivity index (χ3v) is 6.02. The zero-order valence-corrected chi connectivity index (χ0v) is 19.5. The van der Waals surface area contributed by atoms with Gasteiger partial charge in [-0.25, -0.2) is 4.79 Å². The molecule has 0 fully saturated rings. The summed E-state index contributed by atoms with van der Waals surface area (Å²) in [5, 5.41) is 1.49. The summed E-state index contributed by atoms with van der Waals surface area (Å²) < 4.78 is 22.2. The van der Waals surface area contributed by atoms with Gasteiger partial charge in [0, 0.05) is 27.1 Å². The summed E-state index contributed by atoms with van der Waals surface area (Å²) in [4.78, 5) is 25.7. The maximum Gasteiger partial charge on any atom is 0.379 e. The van der Waals surface area contributed by atoms with E-state index in [0.29, 0.717) is 43.5 Å². The lowest BCUT2D eigenvalue weighted by Gasteiger charge is -2.06. The fourth-order valence-electron chi connectivity index (χ4n) is 3.77. The van der Waals surface area contributed by atoms with Gasteiger partial charge in [-0.05, 0) is 48.9 Å². The van der Waals surface area contributed by atoms with Crippen molar-refractivity contribution in [2.24, 2.45) is 0 Å². The number of halogens is 2. The molecule has 5 rings (SSSR count). The fraction of sp³-hybridized carbons (Fsp3) is 0.0769. The van der Waals surface area contributed by atoms with Crippen LogP contribution in [0, 0.1) is 6.92 Å². The Morgan fingerprint density at radius 2 is 1.76 bits per heavy atom. The van der Waals surface area contributed by atoms with Gasteiger partial charge in [0.25, 0.3) is 0 Å². The Hall–Kier alpha value is -3.74. The first-order chi connectivity index (χ1) is 16.4. The molecule has 170 valence electrons. The van der Waals surface area contributed by atoms with E-state index in [1.54, 1.807) is 55.5 Å². The van der Waals surface area contributed by atoms with E-state index in [1.807, 2.05) is 0 Å². The number of carbonyl (C=O) groups is 2. The van der Waals surface area contributed by atoms with Crippen LogP contribution in [0.5, 0.6) is 17.2 Å². The Morgan fingerprint density at radius 3 is 2.50 bits per heavy atom. The molecule has 0 radical (unpaired) electrons. The fourth-order valence-corrected chi connectivity index (χ4v) is 4.28. The van der Waals surface area contributed by atoms with Gasteiger partial charge in [0.2, 0.25) is 11.5 Å². The molecule has 34 heavy (non-hydrogen) atoms. The number of Topliss-reactive ketones (excluding diaryl/α,β-unsaturated/α-hetero) is 1. The average molecular weight is 495 g/mol. The van der Waals surface area contributed by atoms with E-state index < -0.39 is 5.97 Å². The molecule has 6 nitrogen and oxygen atoms in total. The van der Waals surface area contributed by atoms with Crippen LogP contribution in [0.15, 0.2) is 64.8 Å². The molecule has 8 heteroatoms. The van der Waals surface area contributed by atoms with E-state index in [1.165, 1.54) is 19.3 Å². The molecule has 0 spiro atoms. The molecule has 0 saturated carbocycles. The number of rotatable bonds is 4. The normalized spacial score (nSPS) is 13.8. The molecule has 1 aliphatic heterocycles. The first-order valence-electron chi connectivity index (χ1n) is 10.2. The molecule has 0 atom stereocenters. The molecule has 0 bridgehead atoms. The van der Waals surface area contributed by atoms with Crippen molar-refractivity contribution in [3.8, 4) is 17.2 Å². The van der Waals surface area contributed by atoms with Crippen LogP contribution in [0.3, 0.4) is 0 Å². The number of hydrogen-bond donors (Lipinski definition) is 0. The second-order valence-corrected chi connectivity index (χ2v) is 8.38. The Morgan fingerprint density at radius 1 is 1.03 bits per heavy atom. The van der Waals surface area contributed by atoms with Gasteiger partial charge in [0.05, 0.1) is 12.7 Å². The SMILES string of the molecule is COc1cccc2cc(C(=O)Oc3cc(C)c4c(c3)O/C(=C\c3c(Cl)cccc3Cl)C4=O)oc12. The third-order valence-electron chi connectivity index (χ3n) is 5.36. The molecular weight excluding hydrogens is 479 g/mol. The highest BCUT2D eigenvalue weighted by atomic mass is 35.5. The Balaban J connectivity index is 1.44. The topological polar surface area (TPSA) is 75.0 Å². The van der Waals surface area contributed by atoms with Crippen molar-refractivity contribution in [3.05, 3.63) is 92.9 Å². The standard InChI is InChI=1S/C26H16Cl2O6/c1-13-9-15(32-26(30)22-10-14-5-3-8-19(31-2)25(14)34-22)11-20-23(13)24(29)21(33-20)12-16-17(27)6-4-7-18(16)28/h3-12H,1-2H3/b21-12-. The van der Waals surface area contributed by atoms with Crippen LogP contribution < -0.4 is 14.2 Å². The first-order valence-corrected chi connectivity index (χ1v) is 10.9. The molecule has 2 heterocycles. The van der Waals surface area contributed by atoms with Crippen molar-refractivity contribution < 1.29 is 28.2 Å². The van der Waals surface area contributed by atoms with Gasteiger partial charge in [-0.1, -0.05) is 41.4 Å². The summed E-state index contributed by atoms with van der Waals surface area (Å²) in [7, 11) is 1.52. The Bertz CT molecular complexity index is 1500. The number of benzene rings is 3. The number of hydrogen-bond acceptors (Lipinski definition) is 6. The Labute approximate surface area is 204 Å². The second kappa shape index (κ2) is 8.56. The highest BCUT2D eigenvalue weighted by Crippen LogP contribution is 2.39. The summed E-state index contributed by atoms with van der Waals surface area (Å²) in [5.41, 5.74) is 1.89. The summed E-state index contributed by atoms with van der Waals surface area (Å²) in [5.74, 6) is 0.0672. The number of ether oxygens (including phenoxy) is 3. The van der Waals surface area contributed by atoms with E-state index >= 15 is 0 Å². The highest BCUT2D eigenvalue weighted by Gasteiger charge is 2.31. The van der Waals surface area contributed by atoms with Gasteiger partial charge in [-0.15, -0.1) is 0 Å². The first kappa shape index (κ1) is 22.1. The van der Waals surface area contributed by atoms with Crippen molar-refractivity contribution in [2.75, 3.05) is 7.11 Å². The van der Waals surface area contributed by atoms with Gasteiger partial charge in [0.15, 0.2) is 17.1 Å². The summed E-state index contributed by atoms with van der Waals surface area (Å²) >= 11 is 12.4. The molecule has 0 amide bonds. The predicted octanol–water partition coefficient (Wildman–Crippen LogP) is 6.89. The Kier molecular flexibility index (Phi) is 5.55. The maximum atomic E-state index is 12.9. The molecule has 3 aromatic carbocycles. The van der Waals surface area contributed by atoms with Crippen molar-refractivity contribution in [1.82, 2.24) is 0 Å². The molecule has 4 aromatic rings. The number of fused-ring (bicyclic) bond motifs is 2. The largest absolute Gasteiger partial charge is 0.493 e. The minimum Gasteiger partial charge on any atom is -0.493 e. The molecule has 0 N–H and O–H groups in total. The highest BCUT2D eigenvalue weighted by molar-refractivity contribution is 6.37. The second-order valence-electron chi connectivity index (χ2n) is 7.57. The number of aryl methyl sites for hydroxylation is 1. The number of carbonyl (C=O) groups excluding carboxylic acids is 2. The molecular formula is C26H16Cl2O6. The summed E-state index contributed by atoms with van der Waals surface area (Å²) in [6, 6.07) is 15.0. The van der Waals surface area contributed by atoms with Crippen LogP contribution >= 0.6 is 23.2 Å². The van der Waals surface area contributed by atoms with Crippen molar-refractivity contribution in [2.45, 2.75) is 6.92 Å². The molecule has 0 saturated heterocycles. The lowest BCUT2D eigenvalue weighted by atomic mass is 10.0. The molecule has 0 unspecified atom stereocenters. The van der Waals surface area contributed by atoms with E-state index in [0.717, 1.165) is 0 Å². The number of ketones is 1. The quantitative estimate of drug-likeness (QED) is 0.174. The predicted molar refractivity (Wildman–Crippen MR) is 128 cm³/mol. The lowest BCUT2D eigenvalue weighted by Crippen LogP contribution is -2.07. The van der Waals surface area contributed by atoms with Crippen molar-refractivity contribution in [3.63, 3.8) is 0 Å². The van der Waals surface area contributed by atoms with Crippen molar-refractivity contribution in [1.29, 1.82) is 0 Å². The van der Waals surface area contributed by atoms with E-state index in [9.17, 15) is 9.59 Å². The lowest BCUT2D eigenvalue weighted by molar-refractivity contribution is 0.0703.